The third-order valence-corrected chi connectivity index (χ3v) is 8.07. The smallest absolute Gasteiger partial charge is 0.338 e. The lowest BCUT2D eigenvalue weighted by atomic mass is 9.94. The number of hydrogen-bond acceptors (Lipinski definition) is 9. The second-order valence-corrected chi connectivity index (χ2v) is 10.7. The van der Waals surface area contributed by atoms with Crippen LogP contribution in [-0.2, 0) is 14.3 Å². The van der Waals surface area contributed by atoms with E-state index in [0.29, 0.717) is 50.0 Å². The zero-order valence-corrected chi connectivity index (χ0v) is 25.7. The molecule has 1 aromatic heterocycles. The maximum absolute atomic E-state index is 14.4. The van der Waals surface area contributed by atoms with E-state index in [1.165, 1.54) is 30.1 Å². The molecule has 226 valence electrons. The number of ether oxygens (including phenoxy) is 5. The Morgan fingerprint density at radius 2 is 1.89 bits per heavy atom. The molecule has 0 saturated heterocycles. The highest BCUT2D eigenvalue weighted by Gasteiger charge is 2.36. The van der Waals surface area contributed by atoms with E-state index in [0.717, 1.165) is 10.8 Å². The number of carbonyl (C=O) groups is 1. The van der Waals surface area contributed by atoms with E-state index >= 15 is 0 Å². The summed E-state index contributed by atoms with van der Waals surface area (Å²) in [4.78, 5) is 33.1. The van der Waals surface area contributed by atoms with Crippen molar-refractivity contribution in [3.05, 3.63) is 96.7 Å². The molecule has 0 bridgehead atoms. The number of rotatable bonds is 11. The van der Waals surface area contributed by atoms with Crippen molar-refractivity contribution in [2.75, 3.05) is 40.6 Å². The van der Waals surface area contributed by atoms with Gasteiger partial charge in [-0.05, 0) is 42.8 Å². The predicted octanol–water partition coefficient (Wildman–Crippen LogP) is 4.00. The van der Waals surface area contributed by atoms with Crippen LogP contribution in [0.2, 0.25) is 0 Å². The standard InChI is InChI=1S/C34H32N2O7S/c1-6-17-42-26-16-15-22-11-8-9-12-23(22)25(26)20-28-32(37)36-30(24-13-10-14-27(40-5)31(24)41-7-2)29(21(3)35-34(36)44-28)33(38)43-19-18-39-4/h1,8-16,20,30H,7,17-19H2,2-5H3/b28-20+/t30-/m0/s1. The fourth-order valence-electron chi connectivity index (χ4n) is 5.18. The van der Waals surface area contributed by atoms with Gasteiger partial charge in [-0.25, -0.2) is 9.79 Å². The van der Waals surface area contributed by atoms with Crippen molar-refractivity contribution >= 4 is 34.2 Å². The number of benzene rings is 3. The SMILES string of the molecule is C#CCOc1ccc2ccccc2c1/C=c1/sc2n(c1=O)[C@@H](c1cccc(OC)c1OCC)C(C(=O)OCCOC)=C(C)N=2. The van der Waals surface area contributed by atoms with Crippen LogP contribution >= 0.6 is 11.3 Å². The summed E-state index contributed by atoms with van der Waals surface area (Å²) in [6, 6.07) is 16.1. The van der Waals surface area contributed by atoms with Crippen LogP contribution < -0.4 is 29.1 Å². The first-order valence-electron chi connectivity index (χ1n) is 14.0. The van der Waals surface area contributed by atoms with Crippen molar-refractivity contribution < 1.29 is 28.5 Å². The van der Waals surface area contributed by atoms with Gasteiger partial charge in [0.1, 0.15) is 25.0 Å². The van der Waals surface area contributed by atoms with Gasteiger partial charge >= 0.3 is 5.97 Å². The van der Waals surface area contributed by atoms with Crippen molar-refractivity contribution in [3.8, 4) is 29.6 Å². The molecule has 2 heterocycles. The number of carbonyl (C=O) groups excluding carboxylic acids is 1. The third-order valence-electron chi connectivity index (χ3n) is 7.09. The number of allylic oxidation sites excluding steroid dienone is 1. The number of methoxy groups -OCH3 is 2. The Kier molecular flexibility index (Phi) is 9.48. The highest BCUT2D eigenvalue weighted by Crippen LogP contribution is 2.41. The molecule has 0 amide bonds. The lowest BCUT2D eigenvalue weighted by Gasteiger charge is -2.27. The van der Waals surface area contributed by atoms with E-state index in [2.05, 4.69) is 5.92 Å². The summed E-state index contributed by atoms with van der Waals surface area (Å²) in [7, 11) is 3.06. The molecule has 9 nitrogen and oxygen atoms in total. The molecule has 0 unspecified atom stereocenters. The second-order valence-electron chi connectivity index (χ2n) is 9.71. The van der Waals surface area contributed by atoms with Crippen LogP contribution in [0.25, 0.3) is 16.8 Å². The molecule has 0 radical (unpaired) electrons. The van der Waals surface area contributed by atoms with Crippen LogP contribution in [0.15, 0.2) is 75.7 Å². The Labute approximate surface area is 258 Å². The van der Waals surface area contributed by atoms with E-state index in [9.17, 15) is 9.59 Å². The summed E-state index contributed by atoms with van der Waals surface area (Å²) < 4.78 is 30.0. The number of para-hydroxylation sites is 1. The minimum atomic E-state index is -0.898. The van der Waals surface area contributed by atoms with Crippen LogP contribution in [0.1, 0.15) is 31.0 Å². The minimum Gasteiger partial charge on any atom is -0.493 e. The molecule has 3 aromatic carbocycles. The molecule has 0 spiro atoms. The van der Waals surface area contributed by atoms with Gasteiger partial charge in [-0.15, -0.1) is 6.42 Å². The predicted molar refractivity (Wildman–Crippen MR) is 169 cm³/mol. The molecule has 0 N–H and O–H groups in total. The maximum Gasteiger partial charge on any atom is 0.338 e. The van der Waals surface area contributed by atoms with E-state index in [1.54, 1.807) is 25.1 Å². The van der Waals surface area contributed by atoms with Gasteiger partial charge in [0.15, 0.2) is 16.3 Å². The van der Waals surface area contributed by atoms with Crippen molar-refractivity contribution in [3.63, 3.8) is 0 Å². The fourth-order valence-corrected chi connectivity index (χ4v) is 6.21. The number of thiazole rings is 1. The number of nitrogens with zero attached hydrogens (tertiary/aromatic N) is 2. The van der Waals surface area contributed by atoms with E-state index < -0.39 is 12.0 Å². The highest BCUT2D eigenvalue weighted by molar-refractivity contribution is 7.07. The van der Waals surface area contributed by atoms with Crippen LogP contribution in [0.4, 0.5) is 0 Å². The maximum atomic E-state index is 14.4. The average Bonchev–Trinajstić information content (AvgIpc) is 3.34. The number of fused-ring (bicyclic) bond motifs is 2. The van der Waals surface area contributed by atoms with Crippen molar-refractivity contribution in [1.82, 2.24) is 4.57 Å². The Hall–Kier alpha value is -4.85. The second kappa shape index (κ2) is 13.6. The summed E-state index contributed by atoms with van der Waals surface area (Å²) in [5, 5.41) is 1.88. The summed E-state index contributed by atoms with van der Waals surface area (Å²) in [6.45, 7) is 4.26. The van der Waals surface area contributed by atoms with Crippen LogP contribution in [0, 0.1) is 12.3 Å². The van der Waals surface area contributed by atoms with Gasteiger partial charge in [-0.1, -0.05) is 59.7 Å². The number of esters is 1. The van der Waals surface area contributed by atoms with Crippen molar-refractivity contribution in [2.45, 2.75) is 19.9 Å². The molecule has 4 aromatic rings. The van der Waals surface area contributed by atoms with Gasteiger partial charge in [0, 0.05) is 18.2 Å². The van der Waals surface area contributed by atoms with Crippen LogP contribution in [0.3, 0.4) is 0 Å². The molecule has 0 saturated carbocycles. The molecule has 1 aliphatic rings. The van der Waals surface area contributed by atoms with Gasteiger partial charge in [0.2, 0.25) is 0 Å². The van der Waals surface area contributed by atoms with Gasteiger partial charge in [-0.3, -0.25) is 9.36 Å². The minimum absolute atomic E-state index is 0.0429. The zero-order valence-electron chi connectivity index (χ0n) is 24.9. The first kappa shape index (κ1) is 30.6. The summed E-state index contributed by atoms with van der Waals surface area (Å²) in [6.07, 6.45) is 7.27. The van der Waals surface area contributed by atoms with E-state index in [4.69, 9.17) is 35.1 Å². The van der Waals surface area contributed by atoms with Gasteiger partial charge < -0.3 is 23.7 Å². The van der Waals surface area contributed by atoms with E-state index in [-0.39, 0.29) is 31.0 Å². The molecule has 10 heteroatoms. The van der Waals surface area contributed by atoms with Gasteiger partial charge in [0.05, 0.1) is 36.1 Å². The normalized spacial score (nSPS) is 14.5. The largest absolute Gasteiger partial charge is 0.493 e. The molecule has 5 rings (SSSR count). The number of hydrogen-bond donors (Lipinski definition) is 0. The molecule has 1 atom stereocenters. The molecular weight excluding hydrogens is 580 g/mol. The average molecular weight is 613 g/mol. The highest BCUT2D eigenvalue weighted by atomic mass is 32.1. The van der Waals surface area contributed by atoms with Crippen molar-refractivity contribution in [2.24, 2.45) is 4.99 Å². The lowest BCUT2D eigenvalue weighted by molar-refractivity contribution is -0.140. The third kappa shape index (κ3) is 5.84. The Morgan fingerprint density at radius 3 is 2.64 bits per heavy atom. The topological polar surface area (TPSA) is 97.6 Å². The Balaban J connectivity index is 1.78. The van der Waals surface area contributed by atoms with Crippen molar-refractivity contribution in [1.29, 1.82) is 0 Å². The summed E-state index contributed by atoms with van der Waals surface area (Å²) in [5.74, 6) is 3.34. The van der Waals surface area contributed by atoms with E-state index in [1.807, 2.05) is 49.4 Å². The molecular formula is C34H32N2O7S. The van der Waals surface area contributed by atoms with Crippen LogP contribution in [0.5, 0.6) is 17.2 Å². The van der Waals surface area contributed by atoms with Gasteiger partial charge in [-0.2, -0.15) is 0 Å². The molecule has 0 fully saturated rings. The molecule has 44 heavy (non-hydrogen) atoms. The quantitative estimate of drug-likeness (QED) is 0.144. The lowest BCUT2D eigenvalue weighted by Crippen LogP contribution is -2.40. The number of terminal acetylenes is 1. The van der Waals surface area contributed by atoms with Crippen LogP contribution in [-0.4, -0.2) is 51.2 Å². The molecule has 0 aliphatic carbocycles. The Morgan fingerprint density at radius 1 is 1.07 bits per heavy atom. The summed E-state index contributed by atoms with van der Waals surface area (Å²) >= 11 is 1.22. The zero-order chi connectivity index (χ0) is 31.2. The fraction of sp³-hybridized carbons (Fsp3) is 0.265. The first-order chi connectivity index (χ1) is 21.4. The monoisotopic (exact) mass is 612 g/mol. The first-order valence-corrected chi connectivity index (χ1v) is 14.8. The molecule has 1 aliphatic heterocycles. The number of aromatic nitrogens is 1. The Bertz CT molecular complexity index is 1970. The van der Waals surface area contributed by atoms with Gasteiger partial charge in [0.25, 0.3) is 5.56 Å². The summed E-state index contributed by atoms with van der Waals surface area (Å²) in [5.41, 5.74) is 1.59.